The van der Waals surface area contributed by atoms with Crippen LogP contribution < -0.4 is 16.2 Å². The van der Waals surface area contributed by atoms with Crippen molar-refractivity contribution in [3.63, 3.8) is 0 Å². The summed E-state index contributed by atoms with van der Waals surface area (Å²) in [7, 11) is 0. The van der Waals surface area contributed by atoms with E-state index in [1.165, 1.54) is 18.3 Å². The normalized spacial score (nSPS) is 9.61. The summed E-state index contributed by atoms with van der Waals surface area (Å²) in [6.07, 6.45) is 3.31. The maximum atomic E-state index is 10.4. The van der Waals surface area contributed by atoms with Crippen molar-refractivity contribution in [1.82, 2.24) is 15.7 Å². The number of nitrogens with one attached hydrogen (secondary N) is 3. The predicted molar refractivity (Wildman–Crippen MR) is 73.2 cm³/mol. The van der Waals surface area contributed by atoms with Crippen LogP contribution in [-0.2, 0) is 0 Å². The molecule has 0 aliphatic rings. The van der Waals surface area contributed by atoms with E-state index in [4.69, 9.17) is 12.2 Å². The van der Waals surface area contributed by atoms with Crippen molar-refractivity contribution in [3.8, 4) is 0 Å². The Labute approximate surface area is 110 Å². The molecular formula is C10H15N5O2S. The van der Waals surface area contributed by atoms with Gasteiger partial charge in [-0.05, 0) is 24.7 Å². The van der Waals surface area contributed by atoms with E-state index in [-0.39, 0.29) is 5.69 Å². The largest absolute Gasteiger partial charge is 0.361 e. The van der Waals surface area contributed by atoms with E-state index in [9.17, 15) is 10.1 Å². The zero-order valence-corrected chi connectivity index (χ0v) is 10.8. The number of hydrogen-bond donors (Lipinski definition) is 3. The summed E-state index contributed by atoms with van der Waals surface area (Å²) in [4.78, 5) is 13.8. The van der Waals surface area contributed by atoms with Gasteiger partial charge >= 0.3 is 0 Å². The molecule has 0 aliphatic carbocycles. The van der Waals surface area contributed by atoms with E-state index >= 15 is 0 Å². The van der Waals surface area contributed by atoms with E-state index in [1.807, 2.05) is 0 Å². The van der Waals surface area contributed by atoms with Crippen LogP contribution in [0.1, 0.15) is 19.8 Å². The van der Waals surface area contributed by atoms with E-state index in [1.54, 1.807) is 0 Å². The molecule has 0 spiro atoms. The molecule has 18 heavy (non-hydrogen) atoms. The SMILES string of the molecule is CCCCNC(=S)NNc1ccc([N+](=O)[O-])cn1. The van der Waals surface area contributed by atoms with Gasteiger partial charge in [-0.2, -0.15) is 0 Å². The zero-order chi connectivity index (χ0) is 13.4. The third kappa shape index (κ3) is 4.91. The molecule has 1 aromatic rings. The lowest BCUT2D eigenvalue weighted by molar-refractivity contribution is -0.385. The second-order valence-electron chi connectivity index (χ2n) is 3.52. The molecule has 0 saturated heterocycles. The molecular weight excluding hydrogens is 254 g/mol. The van der Waals surface area contributed by atoms with Crippen LogP contribution in [0, 0.1) is 10.1 Å². The number of nitro groups is 1. The van der Waals surface area contributed by atoms with Crippen LogP contribution >= 0.6 is 12.2 Å². The smallest absolute Gasteiger partial charge is 0.287 e. The minimum Gasteiger partial charge on any atom is -0.361 e. The first-order valence-corrected chi connectivity index (χ1v) is 5.94. The third-order valence-corrected chi connectivity index (χ3v) is 2.33. The van der Waals surface area contributed by atoms with Gasteiger partial charge in [0, 0.05) is 12.6 Å². The van der Waals surface area contributed by atoms with Crippen molar-refractivity contribution in [1.29, 1.82) is 0 Å². The molecule has 0 atom stereocenters. The van der Waals surface area contributed by atoms with Crippen molar-refractivity contribution >= 4 is 28.8 Å². The van der Waals surface area contributed by atoms with Crippen molar-refractivity contribution in [3.05, 3.63) is 28.4 Å². The number of rotatable bonds is 6. The Bertz CT molecular complexity index is 409. The molecule has 0 aliphatic heterocycles. The minimum atomic E-state index is -0.499. The summed E-state index contributed by atoms with van der Waals surface area (Å²) in [6.45, 7) is 2.90. The van der Waals surface area contributed by atoms with E-state index in [2.05, 4.69) is 28.1 Å². The number of pyridine rings is 1. The molecule has 7 nitrogen and oxygen atoms in total. The van der Waals surface area contributed by atoms with Gasteiger partial charge in [0.15, 0.2) is 5.11 Å². The lowest BCUT2D eigenvalue weighted by atomic mass is 10.3. The fraction of sp³-hybridized carbons (Fsp3) is 0.400. The Kier molecular flexibility index (Phi) is 5.78. The molecule has 1 aromatic heterocycles. The Morgan fingerprint density at radius 3 is 2.89 bits per heavy atom. The average molecular weight is 269 g/mol. The monoisotopic (exact) mass is 269 g/mol. The summed E-state index contributed by atoms with van der Waals surface area (Å²) in [5.41, 5.74) is 5.44. The molecule has 1 rings (SSSR count). The molecule has 0 aromatic carbocycles. The number of aromatic nitrogens is 1. The third-order valence-electron chi connectivity index (χ3n) is 2.08. The molecule has 0 radical (unpaired) electrons. The molecule has 1 heterocycles. The van der Waals surface area contributed by atoms with Gasteiger partial charge in [0.1, 0.15) is 12.0 Å². The van der Waals surface area contributed by atoms with Crippen LogP contribution in [0.2, 0.25) is 0 Å². The van der Waals surface area contributed by atoms with Crippen LogP contribution in [0.25, 0.3) is 0 Å². The van der Waals surface area contributed by atoms with Gasteiger partial charge in [0.2, 0.25) is 0 Å². The number of anilines is 1. The van der Waals surface area contributed by atoms with E-state index in [0.717, 1.165) is 19.4 Å². The molecule has 0 bridgehead atoms. The van der Waals surface area contributed by atoms with E-state index < -0.39 is 4.92 Å². The lowest BCUT2D eigenvalue weighted by Gasteiger charge is -2.11. The summed E-state index contributed by atoms with van der Waals surface area (Å²) in [5, 5.41) is 13.9. The average Bonchev–Trinajstić information content (AvgIpc) is 2.37. The van der Waals surface area contributed by atoms with Crippen LogP contribution in [0.4, 0.5) is 11.5 Å². The molecule has 8 heteroatoms. The second-order valence-corrected chi connectivity index (χ2v) is 3.93. The standard InChI is InChI=1S/C10H15N5O2S/c1-2-3-6-11-10(18)14-13-9-5-4-8(7-12-9)15(16)17/h4-5,7H,2-3,6H2,1H3,(H,12,13)(H2,11,14,18). The van der Waals surface area contributed by atoms with Gasteiger partial charge in [0.25, 0.3) is 5.69 Å². The van der Waals surface area contributed by atoms with Crippen molar-refractivity contribution in [2.45, 2.75) is 19.8 Å². The van der Waals surface area contributed by atoms with Crippen LogP contribution in [-0.4, -0.2) is 21.6 Å². The summed E-state index contributed by atoms with van der Waals surface area (Å²) in [6, 6.07) is 2.87. The molecule has 0 saturated carbocycles. The Morgan fingerprint density at radius 2 is 2.33 bits per heavy atom. The first-order chi connectivity index (χ1) is 8.63. The molecule has 98 valence electrons. The van der Waals surface area contributed by atoms with Crippen LogP contribution in [0.3, 0.4) is 0 Å². The first kappa shape index (κ1) is 14.1. The van der Waals surface area contributed by atoms with Crippen LogP contribution in [0.15, 0.2) is 18.3 Å². The van der Waals surface area contributed by atoms with Gasteiger partial charge in [-0.1, -0.05) is 13.3 Å². The fourth-order valence-corrected chi connectivity index (χ4v) is 1.26. The highest BCUT2D eigenvalue weighted by atomic mass is 32.1. The Morgan fingerprint density at radius 1 is 1.56 bits per heavy atom. The van der Waals surface area contributed by atoms with Crippen molar-refractivity contribution in [2.75, 3.05) is 12.0 Å². The van der Waals surface area contributed by atoms with E-state index in [0.29, 0.717) is 10.9 Å². The second kappa shape index (κ2) is 7.38. The van der Waals surface area contributed by atoms with Gasteiger partial charge in [-0.3, -0.25) is 21.0 Å². The highest BCUT2D eigenvalue weighted by molar-refractivity contribution is 7.80. The Balaban J connectivity index is 2.34. The summed E-state index contributed by atoms with van der Waals surface area (Å²) in [5.74, 6) is 0.459. The molecule has 0 amide bonds. The molecule has 0 fully saturated rings. The number of unbranched alkanes of at least 4 members (excludes halogenated alkanes) is 1. The quantitative estimate of drug-likeness (QED) is 0.312. The number of thiocarbonyl (C=S) groups is 1. The van der Waals surface area contributed by atoms with Gasteiger partial charge in [-0.25, -0.2) is 4.98 Å². The molecule has 0 unspecified atom stereocenters. The Hall–Kier alpha value is -1.96. The highest BCUT2D eigenvalue weighted by Gasteiger charge is 2.04. The lowest BCUT2D eigenvalue weighted by Crippen LogP contribution is -2.39. The van der Waals surface area contributed by atoms with Crippen LogP contribution in [0.5, 0.6) is 0 Å². The first-order valence-electron chi connectivity index (χ1n) is 5.53. The number of nitrogens with zero attached hydrogens (tertiary/aromatic N) is 2. The van der Waals surface area contributed by atoms with Crippen molar-refractivity contribution < 1.29 is 4.92 Å². The number of hydrazine groups is 1. The van der Waals surface area contributed by atoms with Gasteiger partial charge < -0.3 is 5.32 Å². The fourth-order valence-electron chi connectivity index (χ4n) is 1.11. The number of hydrogen-bond acceptors (Lipinski definition) is 5. The van der Waals surface area contributed by atoms with Crippen molar-refractivity contribution in [2.24, 2.45) is 0 Å². The predicted octanol–water partition coefficient (Wildman–Crippen LogP) is 1.58. The topological polar surface area (TPSA) is 92.1 Å². The zero-order valence-electron chi connectivity index (χ0n) is 9.97. The maximum Gasteiger partial charge on any atom is 0.287 e. The summed E-state index contributed by atoms with van der Waals surface area (Å²) >= 11 is 5.01. The summed E-state index contributed by atoms with van der Waals surface area (Å²) < 4.78 is 0. The van der Waals surface area contributed by atoms with Gasteiger partial charge in [-0.15, -0.1) is 0 Å². The maximum absolute atomic E-state index is 10.4. The molecule has 3 N–H and O–H groups in total. The minimum absolute atomic E-state index is 0.0517. The van der Waals surface area contributed by atoms with Gasteiger partial charge in [0.05, 0.1) is 4.92 Å². The highest BCUT2D eigenvalue weighted by Crippen LogP contribution is 2.10.